The maximum Gasteiger partial charge on any atom is 0.261 e. The van der Waals surface area contributed by atoms with Gasteiger partial charge < -0.3 is 15.2 Å². The number of carboxylic acids is 1. The van der Waals surface area contributed by atoms with Crippen molar-refractivity contribution in [2.24, 2.45) is 5.92 Å². The lowest BCUT2D eigenvalue weighted by molar-refractivity contribution is -0.308. The molecule has 0 unspecified atom stereocenters. The summed E-state index contributed by atoms with van der Waals surface area (Å²) < 4.78 is 1.29. The second kappa shape index (κ2) is 9.35. The average Bonchev–Trinajstić information content (AvgIpc) is 2.75. The number of aliphatic carboxylic acids is 1. The quantitative estimate of drug-likeness (QED) is 0.610. The molecule has 0 saturated carbocycles. The first-order chi connectivity index (χ1) is 14.4. The molecule has 0 spiro atoms. The Kier molecular flexibility index (Phi) is 6.61. The molecule has 1 aromatic heterocycles. The Morgan fingerprint density at radius 1 is 1.10 bits per heavy atom. The summed E-state index contributed by atoms with van der Waals surface area (Å²) in [6.07, 6.45) is 2.06. The molecular weight excluding hydrogens is 382 g/mol. The van der Waals surface area contributed by atoms with Crippen molar-refractivity contribution in [3.63, 3.8) is 0 Å². The maximum absolute atomic E-state index is 13.1. The molecular formula is C23H24N3O4-. The summed E-state index contributed by atoms with van der Waals surface area (Å²) in [5, 5.41) is 14.6. The van der Waals surface area contributed by atoms with Gasteiger partial charge in [-0.3, -0.25) is 14.2 Å². The van der Waals surface area contributed by atoms with Crippen LogP contribution in [-0.4, -0.2) is 27.5 Å². The highest BCUT2D eigenvalue weighted by molar-refractivity contribution is 5.86. The molecule has 0 aliphatic heterocycles. The number of amides is 1. The van der Waals surface area contributed by atoms with Crippen LogP contribution in [0.5, 0.6) is 0 Å². The number of para-hydroxylation sites is 1. The van der Waals surface area contributed by atoms with Crippen molar-refractivity contribution in [3.05, 3.63) is 76.8 Å². The van der Waals surface area contributed by atoms with E-state index in [2.05, 4.69) is 10.3 Å². The van der Waals surface area contributed by atoms with Gasteiger partial charge in [-0.2, -0.15) is 0 Å². The first-order valence-electron chi connectivity index (χ1n) is 9.93. The number of carbonyl (C=O) groups is 2. The molecule has 2 aromatic carbocycles. The van der Waals surface area contributed by atoms with Gasteiger partial charge >= 0.3 is 0 Å². The van der Waals surface area contributed by atoms with Gasteiger partial charge in [-0.05, 0) is 30.0 Å². The number of rotatable bonds is 8. The molecule has 0 saturated heterocycles. The zero-order valence-corrected chi connectivity index (χ0v) is 16.9. The third-order valence-electron chi connectivity index (χ3n) is 5.33. The smallest absolute Gasteiger partial charge is 0.261 e. The normalized spacial score (nSPS) is 14.1. The van der Waals surface area contributed by atoms with E-state index in [9.17, 15) is 19.5 Å². The van der Waals surface area contributed by atoms with E-state index in [-0.39, 0.29) is 17.9 Å². The molecule has 0 aliphatic rings. The number of fused-ring (bicyclic) bond motifs is 1. The second-order valence-electron chi connectivity index (χ2n) is 7.37. The highest BCUT2D eigenvalue weighted by Crippen LogP contribution is 2.21. The molecule has 1 heterocycles. The molecule has 7 nitrogen and oxygen atoms in total. The standard InChI is InChI=1S/C23H25N3O4/c1-3-15(2)20(26-14-24-18-12-8-7-11-17(18)22(26)28)21(27)25-19(23(29)30)13-16-9-5-4-6-10-16/h4-12,14-15,19-20H,3,13H2,1-2H3,(H,25,27)(H,29,30)/p-1/t15-,19-,20-/m0/s1. The Balaban J connectivity index is 1.93. The molecule has 0 radical (unpaired) electrons. The molecule has 1 amide bonds. The van der Waals surface area contributed by atoms with E-state index in [0.717, 1.165) is 5.56 Å². The molecule has 3 atom stereocenters. The van der Waals surface area contributed by atoms with Crippen LogP contribution in [0.3, 0.4) is 0 Å². The highest BCUT2D eigenvalue weighted by Gasteiger charge is 2.29. The van der Waals surface area contributed by atoms with Gasteiger partial charge in [0.05, 0.1) is 29.2 Å². The van der Waals surface area contributed by atoms with Crippen molar-refractivity contribution in [3.8, 4) is 0 Å². The van der Waals surface area contributed by atoms with Gasteiger partial charge in [0.2, 0.25) is 5.91 Å². The number of hydrogen-bond donors (Lipinski definition) is 1. The predicted molar refractivity (Wildman–Crippen MR) is 112 cm³/mol. The zero-order chi connectivity index (χ0) is 21.7. The molecule has 0 bridgehead atoms. The van der Waals surface area contributed by atoms with Gasteiger partial charge in [0.25, 0.3) is 5.56 Å². The van der Waals surface area contributed by atoms with Crippen molar-refractivity contribution in [1.29, 1.82) is 0 Å². The maximum atomic E-state index is 13.1. The average molecular weight is 406 g/mol. The van der Waals surface area contributed by atoms with Gasteiger partial charge in [0.1, 0.15) is 6.04 Å². The van der Waals surface area contributed by atoms with Crippen LogP contribution < -0.4 is 16.0 Å². The monoisotopic (exact) mass is 406 g/mol. The summed E-state index contributed by atoms with van der Waals surface area (Å²) in [5.74, 6) is -2.14. The Morgan fingerprint density at radius 2 is 1.77 bits per heavy atom. The number of carboxylic acid groups (broad SMARTS) is 1. The van der Waals surface area contributed by atoms with E-state index in [1.165, 1.54) is 10.9 Å². The number of hydrogen-bond acceptors (Lipinski definition) is 5. The van der Waals surface area contributed by atoms with E-state index in [4.69, 9.17) is 0 Å². The topological polar surface area (TPSA) is 104 Å². The van der Waals surface area contributed by atoms with Crippen molar-refractivity contribution in [1.82, 2.24) is 14.9 Å². The Bertz CT molecular complexity index is 1090. The van der Waals surface area contributed by atoms with E-state index in [1.807, 2.05) is 19.9 Å². The summed E-state index contributed by atoms with van der Waals surface area (Å²) in [5.41, 5.74) is 0.962. The Morgan fingerprint density at radius 3 is 2.43 bits per heavy atom. The van der Waals surface area contributed by atoms with E-state index >= 15 is 0 Å². The van der Waals surface area contributed by atoms with Crippen LogP contribution in [0, 0.1) is 5.92 Å². The Labute approximate surface area is 174 Å². The first-order valence-corrected chi connectivity index (χ1v) is 9.93. The molecule has 3 aromatic rings. The molecule has 0 fully saturated rings. The minimum absolute atomic E-state index is 0.0903. The summed E-state index contributed by atoms with van der Waals surface area (Å²) in [6, 6.07) is 13.8. The minimum atomic E-state index is -1.38. The largest absolute Gasteiger partial charge is 0.548 e. The van der Waals surface area contributed by atoms with Crippen LogP contribution in [0.1, 0.15) is 31.9 Å². The van der Waals surface area contributed by atoms with E-state index in [0.29, 0.717) is 17.3 Å². The number of carbonyl (C=O) groups excluding carboxylic acids is 2. The molecule has 7 heteroatoms. The second-order valence-corrected chi connectivity index (χ2v) is 7.37. The third kappa shape index (κ3) is 4.56. The van der Waals surface area contributed by atoms with Gasteiger partial charge in [-0.1, -0.05) is 62.7 Å². The van der Waals surface area contributed by atoms with Crippen molar-refractivity contribution in [2.75, 3.05) is 0 Å². The molecule has 1 N–H and O–H groups in total. The van der Waals surface area contributed by atoms with E-state index < -0.39 is 24.0 Å². The van der Waals surface area contributed by atoms with Gasteiger partial charge in [-0.15, -0.1) is 0 Å². The van der Waals surface area contributed by atoms with Crippen molar-refractivity contribution < 1.29 is 14.7 Å². The number of aromatic nitrogens is 2. The molecule has 0 aliphatic carbocycles. The molecule has 156 valence electrons. The van der Waals surface area contributed by atoms with E-state index in [1.54, 1.807) is 48.5 Å². The summed E-state index contributed by atoms with van der Waals surface area (Å²) >= 11 is 0. The van der Waals surface area contributed by atoms with Crippen LogP contribution in [0.2, 0.25) is 0 Å². The van der Waals surface area contributed by atoms with Crippen LogP contribution in [0.25, 0.3) is 10.9 Å². The van der Waals surface area contributed by atoms with Gasteiger partial charge in [0.15, 0.2) is 0 Å². The van der Waals surface area contributed by atoms with Gasteiger partial charge in [-0.25, -0.2) is 4.98 Å². The lowest BCUT2D eigenvalue weighted by atomic mass is 9.97. The first kappa shape index (κ1) is 21.2. The van der Waals surface area contributed by atoms with Crippen LogP contribution in [0.15, 0.2) is 65.7 Å². The van der Waals surface area contributed by atoms with Crippen LogP contribution in [-0.2, 0) is 16.0 Å². The fraction of sp³-hybridized carbons (Fsp3) is 0.304. The van der Waals surface area contributed by atoms with Crippen LogP contribution in [0.4, 0.5) is 0 Å². The van der Waals surface area contributed by atoms with Crippen LogP contribution >= 0.6 is 0 Å². The molecule has 30 heavy (non-hydrogen) atoms. The summed E-state index contributed by atoms with van der Waals surface area (Å²) in [7, 11) is 0. The fourth-order valence-corrected chi connectivity index (χ4v) is 3.46. The van der Waals surface area contributed by atoms with Gasteiger partial charge in [0, 0.05) is 0 Å². The number of nitrogens with zero attached hydrogens (tertiary/aromatic N) is 2. The van der Waals surface area contributed by atoms with Crippen molar-refractivity contribution >= 4 is 22.8 Å². The minimum Gasteiger partial charge on any atom is -0.548 e. The summed E-state index contributed by atoms with van der Waals surface area (Å²) in [4.78, 5) is 42.1. The highest BCUT2D eigenvalue weighted by atomic mass is 16.4. The number of benzene rings is 2. The number of nitrogens with one attached hydrogen (secondary N) is 1. The fourth-order valence-electron chi connectivity index (χ4n) is 3.46. The lowest BCUT2D eigenvalue weighted by Gasteiger charge is -2.28. The third-order valence-corrected chi connectivity index (χ3v) is 5.33. The zero-order valence-electron chi connectivity index (χ0n) is 16.9. The summed E-state index contributed by atoms with van der Waals surface area (Å²) in [6.45, 7) is 3.75. The Hall–Kier alpha value is -3.48. The molecule has 3 rings (SSSR count). The van der Waals surface area contributed by atoms with Crippen molar-refractivity contribution in [2.45, 2.75) is 38.8 Å². The predicted octanol–water partition coefficient (Wildman–Crippen LogP) is 1.46. The SMILES string of the molecule is CC[C@H](C)[C@@H](C(=O)N[C@@H](Cc1ccccc1)C(=O)[O-])n1cnc2ccccc2c1=O. The lowest BCUT2D eigenvalue weighted by Crippen LogP contribution is -2.52.